The Morgan fingerprint density at radius 1 is 1.20 bits per heavy atom. The Balaban J connectivity index is 2.25. The minimum absolute atomic E-state index is 0.0545. The van der Waals surface area contributed by atoms with Crippen LogP contribution in [0.15, 0.2) is 18.2 Å². The molecular weight excluding hydrogens is 254 g/mol. The van der Waals surface area contributed by atoms with Gasteiger partial charge >= 0.3 is 0 Å². The van der Waals surface area contributed by atoms with E-state index in [0.717, 1.165) is 5.56 Å². The van der Waals surface area contributed by atoms with Gasteiger partial charge in [-0.05, 0) is 37.5 Å². The zero-order chi connectivity index (χ0) is 14.6. The number of aliphatic hydroxyl groups is 1. The molecule has 1 aliphatic carbocycles. The van der Waals surface area contributed by atoms with E-state index in [2.05, 4.69) is 5.32 Å². The summed E-state index contributed by atoms with van der Waals surface area (Å²) >= 11 is 0. The molecule has 0 spiro atoms. The monoisotopic (exact) mass is 279 g/mol. The SMILES string of the molecule is COc1ccc(C(C)(CO)NC2CCCC2)cc1OC. The van der Waals surface area contributed by atoms with Gasteiger partial charge in [0.25, 0.3) is 0 Å². The number of aliphatic hydroxyl groups excluding tert-OH is 1. The number of nitrogens with one attached hydrogen (secondary N) is 1. The summed E-state index contributed by atoms with van der Waals surface area (Å²) in [6.45, 7) is 2.09. The average Bonchev–Trinajstić information content (AvgIpc) is 2.99. The molecule has 0 amide bonds. The van der Waals surface area contributed by atoms with Crippen molar-refractivity contribution in [3.63, 3.8) is 0 Å². The number of ether oxygens (including phenoxy) is 2. The maximum atomic E-state index is 9.85. The van der Waals surface area contributed by atoms with Crippen molar-refractivity contribution in [1.82, 2.24) is 5.32 Å². The summed E-state index contributed by atoms with van der Waals surface area (Å²) in [6, 6.07) is 6.30. The van der Waals surface area contributed by atoms with Crippen LogP contribution < -0.4 is 14.8 Å². The zero-order valence-electron chi connectivity index (χ0n) is 12.6. The molecule has 0 radical (unpaired) electrons. The Hall–Kier alpha value is -1.26. The number of hydrogen-bond donors (Lipinski definition) is 2. The molecular formula is C16H25NO3. The van der Waals surface area contributed by atoms with Crippen LogP contribution in [0, 0.1) is 0 Å². The smallest absolute Gasteiger partial charge is 0.161 e. The number of hydrogen-bond acceptors (Lipinski definition) is 4. The van der Waals surface area contributed by atoms with E-state index < -0.39 is 5.54 Å². The number of benzene rings is 1. The molecule has 0 aliphatic heterocycles. The highest BCUT2D eigenvalue weighted by molar-refractivity contribution is 5.45. The molecule has 0 aromatic heterocycles. The Labute approximate surface area is 121 Å². The molecule has 4 nitrogen and oxygen atoms in total. The average molecular weight is 279 g/mol. The standard InChI is InChI=1S/C16H25NO3/c1-16(11-18,17-13-6-4-5-7-13)12-8-9-14(19-2)15(10-12)20-3/h8-10,13,17-18H,4-7,11H2,1-3H3. The molecule has 4 heteroatoms. The predicted molar refractivity (Wildman–Crippen MR) is 79.4 cm³/mol. The number of methoxy groups -OCH3 is 2. The van der Waals surface area contributed by atoms with Gasteiger partial charge in [-0.1, -0.05) is 18.9 Å². The van der Waals surface area contributed by atoms with Gasteiger partial charge in [0.2, 0.25) is 0 Å². The molecule has 0 bridgehead atoms. The first-order valence-corrected chi connectivity index (χ1v) is 7.24. The summed E-state index contributed by atoms with van der Waals surface area (Å²) < 4.78 is 10.6. The van der Waals surface area contributed by atoms with Gasteiger partial charge in [0, 0.05) is 6.04 Å². The minimum atomic E-state index is -0.450. The first kappa shape index (κ1) is 15.1. The largest absolute Gasteiger partial charge is 0.493 e. The van der Waals surface area contributed by atoms with Gasteiger partial charge in [-0.25, -0.2) is 0 Å². The fourth-order valence-electron chi connectivity index (χ4n) is 2.92. The van der Waals surface area contributed by atoms with Gasteiger partial charge in [0.1, 0.15) is 0 Å². The fourth-order valence-corrected chi connectivity index (χ4v) is 2.92. The maximum Gasteiger partial charge on any atom is 0.161 e. The van der Waals surface area contributed by atoms with Gasteiger partial charge in [-0.3, -0.25) is 0 Å². The van der Waals surface area contributed by atoms with Crippen molar-refractivity contribution in [2.45, 2.75) is 44.2 Å². The lowest BCUT2D eigenvalue weighted by Crippen LogP contribution is -2.47. The maximum absolute atomic E-state index is 9.85. The van der Waals surface area contributed by atoms with Crippen LogP contribution >= 0.6 is 0 Å². The van der Waals surface area contributed by atoms with Gasteiger partial charge in [0.05, 0.1) is 26.4 Å². The van der Waals surface area contributed by atoms with Crippen LogP contribution in [0.3, 0.4) is 0 Å². The van der Waals surface area contributed by atoms with E-state index in [1.807, 2.05) is 25.1 Å². The van der Waals surface area contributed by atoms with Crippen molar-refractivity contribution in [2.24, 2.45) is 0 Å². The molecule has 1 aromatic rings. The van der Waals surface area contributed by atoms with Crippen molar-refractivity contribution in [1.29, 1.82) is 0 Å². The molecule has 1 fully saturated rings. The first-order chi connectivity index (χ1) is 9.62. The Morgan fingerprint density at radius 3 is 2.40 bits per heavy atom. The molecule has 0 saturated heterocycles. The minimum Gasteiger partial charge on any atom is -0.493 e. The summed E-state index contributed by atoms with van der Waals surface area (Å²) in [5.41, 5.74) is 0.568. The second-order valence-electron chi connectivity index (χ2n) is 5.69. The molecule has 1 aromatic carbocycles. The third kappa shape index (κ3) is 3.07. The normalized spacial score (nSPS) is 18.8. The van der Waals surface area contributed by atoms with Crippen molar-refractivity contribution in [3.05, 3.63) is 23.8 Å². The van der Waals surface area contributed by atoms with Crippen LogP contribution in [0.5, 0.6) is 11.5 Å². The lowest BCUT2D eigenvalue weighted by Gasteiger charge is -2.33. The lowest BCUT2D eigenvalue weighted by molar-refractivity contribution is 0.161. The second-order valence-corrected chi connectivity index (χ2v) is 5.69. The van der Waals surface area contributed by atoms with Crippen molar-refractivity contribution >= 4 is 0 Å². The van der Waals surface area contributed by atoms with Crippen LogP contribution in [0.4, 0.5) is 0 Å². The predicted octanol–water partition coefficient (Wildman–Crippen LogP) is 2.44. The molecule has 112 valence electrons. The van der Waals surface area contributed by atoms with Crippen LogP contribution in [0.25, 0.3) is 0 Å². The highest BCUT2D eigenvalue weighted by Gasteiger charge is 2.30. The van der Waals surface area contributed by atoms with Gasteiger partial charge in [-0.2, -0.15) is 0 Å². The molecule has 1 aliphatic rings. The van der Waals surface area contributed by atoms with Crippen LogP contribution in [0.2, 0.25) is 0 Å². The Kier molecular flexibility index (Phi) is 4.89. The molecule has 1 atom stereocenters. The van der Waals surface area contributed by atoms with Gasteiger partial charge < -0.3 is 19.9 Å². The quantitative estimate of drug-likeness (QED) is 0.840. The molecule has 0 heterocycles. The Bertz CT molecular complexity index is 443. The van der Waals surface area contributed by atoms with E-state index in [4.69, 9.17) is 9.47 Å². The van der Waals surface area contributed by atoms with E-state index >= 15 is 0 Å². The zero-order valence-corrected chi connectivity index (χ0v) is 12.6. The fraction of sp³-hybridized carbons (Fsp3) is 0.625. The second kappa shape index (κ2) is 6.46. The summed E-state index contributed by atoms with van der Waals surface area (Å²) in [5, 5.41) is 13.5. The van der Waals surface area contributed by atoms with Crippen LogP contribution in [-0.4, -0.2) is 32.0 Å². The first-order valence-electron chi connectivity index (χ1n) is 7.24. The van der Waals surface area contributed by atoms with E-state index in [1.54, 1.807) is 14.2 Å². The third-order valence-electron chi connectivity index (χ3n) is 4.21. The van der Waals surface area contributed by atoms with Gasteiger partial charge in [0.15, 0.2) is 11.5 Å². The van der Waals surface area contributed by atoms with Crippen molar-refractivity contribution in [2.75, 3.05) is 20.8 Å². The summed E-state index contributed by atoms with van der Waals surface area (Å²) in [4.78, 5) is 0. The molecule has 1 unspecified atom stereocenters. The third-order valence-corrected chi connectivity index (χ3v) is 4.21. The summed E-state index contributed by atoms with van der Waals surface area (Å²) in [5.74, 6) is 1.40. The molecule has 2 rings (SSSR count). The topological polar surface area (TPSA) is 50.7 Å². The summed E-state index contributed by atoms with van der Waals surface area (Å²) in [6.07, 6.45) is 4.90. The highest BCUT2D eigenvalue weighted by Crippen LogP contribution is 2.33. The van der Waals surface area contributed by atoms with Crippen LogP contribution in [0.1, 0.15) is 38.2 Å². The highest BCUT2D eigenvalue weighted by atomic mass is 16.5. The van der Waals surface area contributed by atoms with E-state index in [1.165, 1.54) is 25.7 Å². The van der Waals surface area contributed by atoms with Crippen LogP contribution in [-0.2, 0) is 5.54 Å². The van der Waals surface area contributed by atoms with Gasteiger partial charge in [-0.15, -0.1) is 0 Å². The lowest BCUT2D eigenvalue weighted by atomic mass is 9.91. The van der Waals surface area contributed by atoms with E-state index in [-0.39, 0.29) is 6.61 Å². The van der Waals surface area contributed by atoms with E-state index in [0.29, 0.717) is 17.5 Å². The number of rotatable bonds is 6. The Morgan fingerprint density at radius 2 is 1.85 bits per heavy atom. The summed E-state index contributed by atoms with van der Waals surface area (Å²) in [7, 11) is 3.25. The van der Waals surface area contributed by atoms with Crippen molar-refractivity contribution in [3.8, 4) is 11.5 Å². The molecule has 2 N–H and O–H groups in total. The molecule has 20 heavy (non-hydrogen) atoms. The van der Waals surface area contributed by atoms with E-state index in [9.17, 15) is 5.11 Å². The van der Waals surface area contributed by atoms with Crippen molar-refractivity contribution < 1.29 is 14.6 Å². The molecule has 1 saturated carbocycles.